The van der Waals surface area contributed by atoms with Crippen molar-refractivity contribution < 1.29 is 14.3 Å². The number of hydrogen-bond donors (Lipinski definition) is 0. The van der Waals surface area contributed by atoms with Crippen LogP contribution in [0.2, 0.25) is 5.02 Å². The Morgan fingerprint density at radius 1 is 1.07 bits per heavy atom. The van der Waals surface area contributed by atoms with E-state index in [-0.39, 0.29) is 5.91 Å². The Kier molecular flexibility index (Phi) is 6.50. The van der Waals surface area contributed by atoms with E-state index in [1.165, 1.54) is 0 Å². The third kappa shape index (κ3) is 4.81. The number of rotatable bonds is 7. The average Bonchev–Trinajstić information content (AvgIpc) is 2.73. The van der Waals surface area contributed by atoms with Crippen LogP contribution < -0.4 is 9.47 Å². The Morgan fingerprint density at radius 3 is 2.57 bits per heavy atom. The number of carbonyl (C=O) groups is 1. The first-order valence-electron chi connectivity index (χ1n) is 8.78. The second-order valence-electron chi connectivity index (χ2n) is 6.23. The van der Waals surface area contributed by atoms with Crippen molar-refractivity contribution in [3.63, 3.8) is 0 Å². The fourth-order valence-electron chi connectivity index (χ4n) is 2.72. The standard InChI is InChI=1S/C22H21ClN2O3/c1-25(14-18-8-5-6-12-24-18)22(26)16-10-11-20(21(13-16)27-2)28-15-17-7-3-4-9-19(17)23/h3-13H,14-15H2,1-2H3. The summed E-state index contributed by atoms with van der Waals surface area (Å²) < 4.78 is 11.3. The minimum absolute atomic E-state index is 0.124. The maximum absolute atomic E-state index is 12.7. The van der Waals surface area contributed by atoms with Crippen molar-refractivity contribution in [3.05, 3.63) is 88.7 Å². The van der Waals surface area contributed by atoms with Crippen molar-refractivity contribution in [1.82, 2.24) is 9.88 Å². The number of nitrogens with zero attached hydrogens (tertiary/aromatic N) is 2. The number of benzene rings is 2. The summed E-state index contributed by atoms with van der Waals surface area (Å²) in [6.45, 7) is 0.732. The molecule has 1 heterocycles. The van der Waals surface area contributed by atoms with Gasteiger partial charge in [0.05, 0.1) is 19.3 Å². The predicted octanol–water partition coefficient (Wildman–Crippen LogP) is 4.59. The van der Waals surface area contributed by atoms with Gasteiger partial charge in [-0.25, -0.2) is 0 Å². The molecule has 0 saturated carbocycles. The quantitative estimate of drug-likeness (QED) is 0.586. The summed E-state index contributed by atoms with van der Waals surface area (Å²) in [6, 6.07) is 18.3. The van der Waals surface area contributed by atoms with E-state index in [4.69, 9.17) is 21.1 Å². The molecule has 2 aromatic carbocycles. The van der Waals surface area contributed by atoms with E-state index in [1.54, 1.807) is 43.5 Å². The van der Waals surface area contributed by atoms with Crippen molar-refractivity contribution in [2.45, 2.75) is 13.2 Å². The highest BCUT2D eigenvalue weighted by Gasteiger charge is 2.16. The molecule has 0 radical (unpaired) electrons. The molecule has 6 heteroatoms. The van der Waals surface area contributed by atoms with Gasteiger partial charge in [-0.1, -0.05) is 35.9 Å². The predicted molar refractivity (Wildman–Crippen MR) is 109 cm³/mol. The van der Waals surface area contributed by atoms with E-state index in [1.807, 2.05) is 42.5 Å². The number of methoxy groups -OCH3 is 1. The lowest BCUT2D eigenvalue weighted by Gasteiger charge is -2.18. The summed E-state index contributed by atoms with van der Waals surface area (Å²) >= 11 is 6.17. The molecule has 5 nitrogen and oxygen atoms in total. The topological polar surface area (TPSA) is 51.7 Å². The molecule has 28 heavy (non-hydrogen) atoms. The van der Waals surface area contributed by atoms with Crippen LogP contribution in [0.15, 0.2) is 66.9 Å². The Balaban J connectivity index is 1.71. The largest absolute Gasteiger partial charge is 0.493 e. The zero-order chi connectivity index (χ0) is 19.9. The minimum atomic E-state index is -0.124. The third-order valence-corrected chi connectivity index (χ3v) is 4.59. The molecule has 0 bridgehead atoms. The maximum Gasteiger partial charge on any atom is 0.254 e. The van der Waals surface area contributed by atoms with Gasteiger partial charge in [0, 0.05) is 29.4 Å². The number of pyridine rings is 1. The summed E-state index contributed by atoms with van der Waals surface area (Å²) in [6.07, 6.45) is 1.71. The number of hydrogen-bond acceptors (Lipinski definition) is 4. The average molecular weight is 397 g/mol. The zero-order valence-corrected chi connectivity index (χ0v) is 16.5. The Morgan fingerprint density at radius 2 is 1.86 bits per heavy atom. The second-order valence-corrected chi connectivity index (χ2v) is 6.64. The molecule has 0 fully saturated rings. The summed E-state index contributed by atoms with van der Waals surface area (Å²) in [5, 5.41) is 0.643. The van der Waals surface area contributed by atoms with Gasteiger partial charge in [-0.3, -0.25) is 9.78 Å². The van der Waals surface area contributed by atoms with Gasteiger partial charge in [-0.15, -0.1) is 0 Å². The fraction of sp³-hybridized carbons (Fsp3) is 0.182. The van der Waals surface area contributed by atoms with Crippen LogP contribution in [0.25, 0.3) is 0 Å². The first-order chi connectivity index (χ1) is 13.6. The highest BCUT2D eigenvalue weighted by Crippen LogP contribution is 2.30. The van der Waals surface area contributed by atoms with E-state index in [0.29, 0.717) is 35.2 Å². The Hall–Kier alpha value is -3.05. The minimum Gasteiger partial charge on any atom is -0.493 e. The molecule has 0 atom stereocenters. The molecular formula is C22H21ClN2O3. The van der Waals surface area contributed by atoms with Gasteiger partial charge in [0.15, 0.2) is 11.5 Å². The molecule has 144 valence electrons. The molecular weight excluding hydrogens is 376 g/mol. The summed E-state index contributed by atoms with van der Waals surface area (Å²) in [4.78, 5) is 18.6. The monoisotopic (exact) mass is 396 g/mol. The lowest BCUT2D eigenvalue weighted by Crippen LogP contribution is -2.26. The fourth-order valence-corrected chi connectivity index (χ4v) is 2.91. The molecule has 1 amide bonds. The number of carbonyl (C=O) groups excluding carboxylic acids is 1. The molecule has 0 aliphatic heterocycles. The van der Waals surface area contributed by atoms with Crippen LogP contribution in [0, 0.1) is 0 Å². The first-order valence-corrected chi connectivity index (χ1v) is 9.16. The van der Waals surface area contributed by atoms with Gasteiger partial charge in [0.1, 0.15) is 6.61 Å². The van der Waals surface area contributed by atoms with E-state index < -0.39 is 0 Å². The zero-order valence-electron chi connectivity index (χ0n) is 15.8. The van der Waals surface area contributed by atoms with E-state index in [9.17, 15) is 4.79 Å². The van der Waals surface area contributed by atoms with Gasteiger partial charge >= 0.3 is 0 Å². The Labute approximate surface area is 169 Å². The normalized spacial score (nSPS) is 10.4. The van der Waals surface area contributed by atoms with Crippen LogP contribution >= 0.6 is 11.6 Å². The van der Waals surface area contributed by atoms with Crippen molar-refractivity contribution >= 4 is 17.5 Å². The number of amides is 1. The third-order valence-electron chi connectivity index (χ3n) is 4.22. The van der Waals surface area contributed by atoms with Crippen molar-refractivity contribution in [2.24, 2.45) is 0 Å². The molecule has 0 spiro atoms. The molecule has 0 unspecified atom stereocenters. The van der Waals surface area contributed by atoms with E-state index >= 15 is 0 Å². The lowest BCUT2D eigenvalue weighted by molar-refractivity contribution is 0.0783. The van der Waals surface area contributed by atoms with Crippen LogP contribution in [0.4, 0.5) is 0 Å². The second kappa shape index (κ2) is 9.24. The highest BCUT2D eigenvalue weighted by molar-refractivity contribution is 6.31. The summed E-state index contributed by atoms with van der Waals surface area (Å²) in [5.41, 5.74) is 2.21. The summed E-state index contributed by atoms with van der Waals surface area (Å²) in [5.74, 6) is 0.914. The first kappa shape index (κ1) is 19.7. The van der Waals surface area contributed by atoms with Gasteiger partial charge in [0.25, 0.3) is 5.91 Å². The lowest BCUT2D eigenvalue weighted by atomic mass is 10.1. The van der Waals surface area contributed by atoms with E-state index in [2.05, 4.69) is 4.98 Å². The summed E-state index contributed by atoms with van der Waals surface area (Å²) in [7, 11) is 3.29. The molecule has 0 aliphatic carbocycles. The molecule has 0 saturated heterocycles. The maximum atomic E-state index is 12.7. The molecule has 0 N–H and O–H groups in total. The highest BCUT2D eigenvalue weighted by atomic mass is 35.5. The molecule has 3 aromatic rings. The van der Waals surface area contributed by atoms with Crippen molar-refractivity contribution in [2.75, 3.05) is 14.2 Å². The Bertz CT molecular complexity index is 948. The van der Waals surface area contributed by atoms with Gasteiger partial charge < -0.3 is 14.4 Å². The SMILES string of the molecule is COc1cc(C(=O)N(C)Cc2ccccn2)ccc1OCc1ccccc1Cl. The smallest absolute Gasteiger partial charge is 0.254 e. The van der Waals surface area contributed by atoms with E-state index in [0.717, 1.165) is 11.3 Å². The van der Waals surface area contributed by atoms with Gasteiger partial charge in [0.2, 0.25) is 0 Å². The van der Waals surface area contributed by atoms with Crippen LogP contribution in [-0.4, -0.2) is 29.9 Å². The van der Waals surface area contributed by atoms with Crippen LogP contribution in [0.3, 0.4) is 0 Å². The number of halogens is 1. The molecule has 1 aromatic heterocycles. The number of aromatic nitrogens is 1. The number of ether oxygens (including phenoxy) is 2. The van der Waals surface area contributed by atoms with Crippen molar-refractivity contribution in [1.29, 1.82) is 0 Å². The van der Waals surface area contributed by atoms with Crippen LogP contribution in [0.5, 0.6) is 11.5 Å². The molecule has 3 rings (SSSR count). The van der Waals surface area contributed by atoms with Crippen molar-refractivity contribution in [3.8, 4) is 11.5 Å². The van der Waals surface area contributed by atoms with Gasteiger partial charge in [-0.2, -0.15) is 0 Å². The van der Waals surface area contributed by atoms with Gasteiger partial charge in [-0.05, 0) is 36.4 Å². The van der Waals surface area contributed by atoms with Crippen LogP contribution in [-0.2, 0) is 13.2 Å². The molecule has 0 aliphatic rings. The van der Waals surface area contributed by atoms with Crippen LogP contribution in [0.1, 0.15) is 21.6 Å².